The van der Waals surface area contributed by atoms with Gasteiger partial charge < -0.3 is 39.9 Å². The first-order valence-corrected chi connectivity index (χ1v) is 16.3. The third kappa shape index (κ3) is 7.02. The number of carboxylic acids is 1. The van der Waals surface area contributed by atoms with Gasteiger partial charge in [0.15, 0.2) is 6.10 Å². The van der Waals surface area contributed by atoms with Crippen LogP contribution in [0.25, 0.3) is 0 Å². The molecule has 0 spiro atoms. The number of carbonyl (C=O) groups excluding carboxylic acids is 3. The number of nitrogens with zero attached hydrogens (tertiary/aromatic N) is 4. The van der Waals surface area contributed by atoms with Gasteiger partial charge in [-0.15, -0.1) is 0 Å². The number of carboxylic acid groups (broad SMARTS) is 1. The molecule has 3 aromatic rings. The van der Waals surface area contributed by atoms with Crippen molar-refractivity contribution in [1.29, 1.82) is 0 Å². The van der Waals surface area contributed by atoms with Crippen LogP contribution in [0.5, 0.6) is 5.75 Å². The Balaban J connectivity index is 1.10. The van der Waals surface area contributed by atoms with Crippen molar-refractivity contribution in [2.24, 2.45) is 0 Å². The first-order chi connectivity index (χ1) is 23.1. The van der Waals surface area contributed by atoms with Crippen LogP contribution >= 0.6 is 0 Å². The number of piperidine rings is 1. The molecule has 252 valence electrons. The smallest absolute Gasteiger partial charge is 0.410 e. The number of rotatable bonds is 7. The number of ether oxygens (including phenoxy) is 1. The van der Waals surface area contributed by atoms with Crippen molar-refractivity contribution in [3.8, 4) is 5.75 Å². The van der Waals surface area contributed by atoms with Crippen LogP contribution < -0.4 is 10.2 Å². The Morgan fingerprint density at radius 2 is 1.54 bits per heavy atom. The van der Waals surface area contributed by atoms with Crippen molar-refractivity contribution in [2.45, 2.75) is 51.8 Å². The fraction of sp³-hybridized carbons (Fsp3) is 0.389. The van der Waals surface area contributed by atoms with Gasteiger partial charge in [-0.2, -0.15) is 0 Å². The maximum absolute atomic E-state index is 14.0. The summed E-state index contributed by atoms with van der Waals surface area (Å²) in [4.78, 5) is 58.8. The molecule has 12 nitrogen and oxygen atoms in total. The number of phenols is 1. The van der Waals surface area contributed by atoms with Gasteiger partial charge in [0.2, 0.25) is 0 Å². The van der Waals surface area contributed by atoms with Gasteiger partial charge in [-0.05, 0) is 79.3 Å². The van der Waals surface area contributed by atoms with Gasteiger partial charge in [0.05, 0.1) is 5.56 Å². The lowest BCUT2D eigenvalue weighted by molar-refractivity contribution is -0.141. The number of para-hydroxylation sites is 1. The van der Waals surface area contributed by atoms with E-state index < -0.39 is 18.2 Å². The third-order valence-electron chi connectivity index (χ3n) is 9.59. The summed E-state index contributed by atoms with van der Waals surface area (Å²) in [5.41, 5.74) is 5.10. The number of phenolic OH excluding ortho intramolecular Hbond substituents is 1. The van der Waals surface area contributed by atoms with Gasteiger partial charge in [-0.3, -0.25) is 4.79 Å². The highest BCUT2D eigenvalue weighted by Crippen LogP contribution is 2.29. The first kappa shape index (κ1) is 32.7. The molecule has 0 radical (unpaired) electrons. The molecule has 3 aliphatic rings. The summed E-state index contributed by atoms with van der Waals surface area (Å²) in [5.74, 6) is -1.08. The summed E-state index contributed by atoms with van der Waals surface area (Å²) >= 11 is 0. The fourth-order valence-corrected chi connectivity index (χ4v) is 6.83. The molecule has 3 heterocycles. The van der Waals surface area contributed by atoms with Gasteiger partial charge in [-0.25, -0.2) is 14.4 Å². The summed E-state index contributed by atoms with van der Waals surface area (Å²) in [6, 6.07) is 17.8. The summed E-state index contributed by atoms with van der Waals surface area (Å²) in [5, 5.41) is 22.5. The van der Waals surface area contributed by atoms with Crippen LogP contribution in [0, 0.1) is 13.8 Å². The van der Waals surface area contributed by atoms with Gasteiger partial charge >= 0.3 is 18.1 Å². The van der Waals surface area contributed by atoms with Crippen LogP contribution in [0.15, 0.2) is 60.7 Å². The molecule has 3 aromatic carbocycles. The number of piperazine rings is 1. The van der Waals surface area contributed by atoms with Crippen LogP contribution in [0.1, 0.15) is 45.5 Å². The number of benzene rings is 3. The zero-order valence-corrected chi connectivity index (χ0v) is 27.2. The number of likely N-dealkylation sites (tertiary alicyclic amines) is 1. The highest BCUT2D eigenvalue weighted by atomic mass is 16.6. The normalized spacial score (nSPS) is 17.4. The van der Waals surface area contributed by atoms with Crippen LogP contribution in [0.3, 0.4) is 0 Å². The van der Waals surface area contributed by atoms with Crippen LogP contribution in [0.2, 0.25) is 0 Å². The molecule has 1 atom stereocenters. The van der Waals surface area contributed by atoms with Crippen LogP contribution in [-0.4, -0.2) is 100 Å². The molecule has 2 fully saturated rings. The Bertz CT molecular complexity index is 1670. The number of hydrogen-bond acceptors (Lipinski definition) is 7. The summed E-state index contributed by atoms with van der Waals surface area (Å²) in [6.07, 6.45) is -0.286. The van der Waals surface area contributed by atoms with E-state index in [2.05, 4.69) is 10.2 Å². The monoisotopic (exact) mass is 655 g/mol. The second-order valence-corrected chi connectivity index (χ2v) is 12.8. The van der Waals surface area contributed by atoms with Crippen molar-refractivity contribution in [3.05, 3.63) is 88.5 Å². The minimum Gasteiger partial charge on any atom is -0.507 e. The zero-order chi connectivity index (χ0) is 33.9. The van der Waals surface area contributed by atoms with Crippen LogP contribution in [0.4, 0.5) is 21.0 Å². The highest BCUT2D eigenvalue weighted by molar-refractivity contribution is 5.92. The van der Waals surface area contributed by atoms with E-state index in [-0.39, 0.29) is 35.7 Å². The number of aromatic carboxylic acids is 1. The van der Waals surface area contributed by atoms with Crippen molar-refractivity contribution in [3.63, 3.8) is 0 Å². The summed E-state index contributed by atoms with van der Waals surface area (Å²) < 4.78 is 5.99. The molecule has 12 heteroatoms. The molecule has 3 aliphatic heterocycles. The number of hydrogen-bond donors (Lipinski definition) is 3. The molecular formula is C36H41N5O7. The molecule has 0 aromatic heterocycles. The Kier molecular flexibility index (Phi) is 9.42. The predicted molar refractivity (Wildman–Crippen MR) is 179 cm³/mol. The quantitative estimate of drug-likeness (QED) is 0.335. The summed E-state index contributed by atoms with van der Waals surface area (Å²) in [6.45, 7) is 6.79. The maximum Gasteiger partial charge on any atom is 0.410 e. The van der Waals surface area contributed by atoms with E-state index in [9.17, 15) is 29.4 Å². The SMILES string of the molecule is Cc1cc(C[C@@H](OC(=O)N2CCC(N3Cc4ccccc4NC3=O)CC2)C(=O)N2CCN(c3ccc(C(=O)O)cc3)CC2)cc(C)c1O. The Morgan fingerprint density at radius 1 is 0.896 bits per heavy atom. The van der Waals surface area contributed by atoms with Crippen LogP contribution in [-0.2, 0) is 22.5 Å². The summed E-state index contributed by atoms with van der Waals surface area (Å²) in [7, 11) is 0. The molecule has 0 unspecified atom stereocenters. The molecule has 0 aliphatic carbocycles. The molecule has 0 saturated carbocycles. The Hall–Kier alpha value is -5.26. The van der Waals surface area contributed by atoms with Crippen molar-refractivity contribution >= 4 is 35.4 Å². The predicted octanol–water partition coefficient (Wildman–Crippen LogP) is 4.62. The molecule has 6 rings (SSSR count). The minimum absolute atomic E-state index is 0.0283. The number of anilines is 2. The lowest BCUT2D eigenvalue weighted by Gasteiger charge is -2.40. The zero-order valence-electron chi connectivity index (χ0n) is 27.2. The maximum atomic E-state index is 14.0. The van der Waals surface area contributed by atoms with E-state index >= 15 is 0 Å². The molecule has 4 amide bonds. The van der Waals surface area contributed by atoms with E-state index in [0.29, 0.717) is 69.8 Å². The van der Waals surface area contributed by atoms with Gasteiger partial charge in [-0.1, -0.05) is 30.3 Å². The standard InChI is InChI=1S/C36H41N5O7/c1-23-19-25(20-24(2)32(23)42)21-31(33(43)39-17-15-38(16-18-39)28-9-7-26(8-10-28)34(44)45)48-36(47)40-13-11-29(12-14-40)41-22-27-5-3-4-6-30(27)37-35(41)46/h3-10,19-20,29,31,42H,11-18,21-22H2,1-2H3,(H,37,46)(H,44,45)/t31-/m1/s1. The number of fused-ring (bicyclic) bond motifs is 1. The Labute approximate surface area is 279 Å². The lowest BCUT2D eigenvalue weighted by Crippen LogP contribution is -2.54. The van der Waals surface area contributed by atoms with E-state index in [4.69, 9.17) is 4.74 Å². The molecular weight excluding hydrogens is 614 g/mol. The molecule has 48 heavy (non-hydrogen) atoms. The minimum atomic E-state index is -1.07. The van der Waals surface area contributed by atoms with E-state index in [1.807, 2.05) is 41.3 Å². The number of carbonyl (C=O) groups is 4. The second-order valence-electron chi connectivity index (χ2n) is 12.8. The first-order valence-electron chi connectivity index (χ1n) is 16.3. The van der Waals surface area contributed by atoms with E-state index in [0.717, 1.165) is 22.5 Å². The number of amides is 4. The number of aromatic hydroxyl groups is 1. The number of aryl methyl sites for hydroxylation is 2. The molecule has 2 saturated heterocycles. The molecule has 3 N–H and O–H groups in total. The van der Waals surface area contributed by atoms with Crippen molar-refractivity contribution < 1.29 is 34.1 Å². The molecule has 0 bridgehead atoms. The second kappa shape index (κ2) is 13.8. The Morgan fingerprint density at radius 3 is 2.19 bits per heavy atom. The highest BCUT2D eigenvalue weighted by Gasteiger charge is 2.36. The largest absolute Gasteiger partial charge is 0.507 e. The van der Waals surface area contributed by atoms with Gasteiger partial charge in [0.1, 0.15) is 5.75 Å². The van der Waals surface area contributed by atoms with Gasteiger partial charge in [0.25, 0.3) is 5.91 Å². The van der Waals surface area contributed by atoms with Crippen molar-refractivity contribution in [2.75, 3.05) is 49.5 Å². The van der Waals surface area contributed by atoms with E-state index in [1.54, 1.807) is 47.9 Å². The number of nitrogens with one attached hydrogen (secondary N) is 1. The number of urea groups is 1. The topological polar surface area (TPSA) is 143 Å². The van der Waals surface area contributed by atoms with Gasteiger partial charge in [0, 0.05) is 69.7 Å². The van der Waals surface area contributed by atoms with Crippen molar-refractivity contribution in [1.82, 2.24) is 14.7 Å². The lowest BCUT2D eigenvalue weighted by atomic mass is 10.00. The third-order valence-corrected chi connectivity index (χ3v) is 9.59. The fourth-order valence-electron chi connectivity index (χ4n) is 6.83. The average molecular weight is 656 g/mol. The van der Waals surface area contributed by atoms with E-state index in [1.165, 1.54) is 0 Å². The average Bonchev–Trinajstić information content (AvgIpc) is 3.10.